The summed E-state index contributed by atoms with van der Waals surface area (Å²) in [7, 11) is 0. The first-order valence-corrected chi connectivity index (χ1v) is 19.7. The van der Waals surface area contributed by atoms with Crippen LogP contribution in [0.4, 0.5) is 0 Å². The SMILES string of the molecule is C[C@@H](O)C(O)[C@H](O)C(CO)OCO[C@@H]1C(CO)O[C@H](O[C@H]2C(CO)O[C@H](O[C@@H]3C(CO)O[C@@H](O[C@@H]4C(CO)O[C@@H](OCCCN)C(O)C4O)C(O)C3O)C(O)C2O)C(O)C1O. The minimum atomic E-state index is -2.10. The third-order valence-electron chi connectivity index (χ3n) is 10.7. The van der Waals surface area contributed by atoms with E-state index in [4.69, 9.17) is 53.1 Å². The molecule has 0 saturated carbocycles. The lowest BCUT2D eigenvalue weighted by Crippen LogP contribution is -2.67. The Labute approximate surface area is 348 Å². The number of aliphatic hydroxyl groups is 16. The Kier molecular flexibility index (Phi) is 21.1. The van der Waals surface area contributed by atoms with Crippen LogP contribution in [0.2, 0.25) is 0 Å². The van der Waals surface area contributed by atoms with E-state index >= 15 is 0 Å². The standard InChI is InChI=1S/C34H63NO26/c1-11(41)17(42)18(43)12(5-36)53-10-54-27-13(6-37)56-32(24(49)19(27)44)60-29-15(8-39)58-34(26(51)21(29)46)61-30-16(9-40)57-33(25(50)22(30)47)59-28-14(7-38)55-31(23(48)20(28)45)52-4-2-3-35/h11-34,36-51H,2-10,35H2,1H3/t11-,12?,13?,14?,15?,16?,17?,18-,19?,20?,21?,22?,23?,24?,25?,26?,27-,28-,29+,30-,31-,32-,33+,34-/m1/s1. The van der Waals surface area contributed by atoms with Crippen molar-refractivity contribution in [3.05, 3.63) is 0 Å². The van der Waals surface area contributed by atoms with E-state index < -0.39 is 187 Å². The molecule has 18 N–H and O–H groups in total. The van der Waals surface area contributed by atoms with Gasteiger partial charge in [-0.05, 0) is 19.9 Å². The van der Waals surface area contributed by atoms with Crippen molar-refractivity contribution < 1.29 is 129 Å². The molecule has 0 bridgehead atoms. The molecule has 0 spiro atoms. The van der Waals surface area contributed by atoms with Crippen molar-refractivity contribution in [1.82, 2.24) is 0 Å². The van der Waals surface area contributed by atoms with Crippen LogP contribution < -0.4 is 5.73 Å². The van der Waals surface area contributed by atoms with Crippen LogP contribution in [0.1, 0.15) is 13.3 Å². The van der Waals surface area contributed by atoms with Gasteiger partial charge >= 0.3 is 0 Å². The number of rotatable bonds is 22. The van der Waals surface area contributed by atoms with Gasteiger partial charge in [-0.25, -0.2) is 0 Å². The number of aliphatic hydroxyl groups excluding tert-OH is 16. The van der Waals surface area contributed by atoms with Gasteiger partial charge in [-0.3, -0.25) is 0 Å². The predicted molar refractivity (Wildman–Crippen MR) is 191 cm³/mol. The van der Waals surface area contributed by atoms with Gasteiger partial charge in [0.25, 0.3) is 0 Å². The summed E-state index contributed by atoms with van der Waals surface area (Å²) in [4.78, 5) is 0. The molecule has 4 fully saturated rings. The average Bonchev–Trinajstić information content (AvgIpc) is 3.25. The molecule has 0 aromatic rings. The second kappa shape index (κ2) is 24.4. The van der Waals surface area contributed by atoms with Gasteiger partial charge in [0.1, 0.15) is 123 Å². The van der Waals surface area contributed by atoms with Gasteiger partial charge in [0.15, 0.2) is 25.2 Å². The maximum Gasteiger partial charge on any atom is 0.187 e. The lowest BCUT2D eigenvalue weighted by atomic mass is 9.95. The quantitative estimate of drug-likeness (QED) is 0.0354. The van der Waals surface area contributed by atoms with Crippen molar-refractivity contribution in [3.8, 4) is 0 Å². The molecule has 14 unspecified atom stereocenters. The first kappa shape index (κ1) is 52.5. The molecule has 0 aromatic carbocycles. The Balaban J connectivity index is 1.37. The largest absolute Gasteiger partial charge is 0.394 e. The third-order valence-corrected chi connectivity index (χ3v) is 10.7. The van der Waals surface area contributed by atoms with E-state index in [1.165, 1.54) is 6.92 Å². The summed E-state index contributed by atoms with van der Waals surface area (Å²) in [6.07, 6.45) is -41.3. The summed E-state index contributed by atoms with van der Waals surface area (Å²) in [5.74, 6) is 0. The van der Waals surface area contributed by atoms with E-state index in [2.05, 4.69) is 0 Å². The van der Waals surface area contributed by atoms with Crippen molar-refractivity contribution in [2.75, 3.05) is 53.0 Å². The summed E-state index contributed by atoms with van der Waals surface area (Å²) in [6, 6.07) is 0. The highest BCUT2D eigenvalue weighted by Crippen LogP contribution is 2.35. The second-order valence-electron chi connectivity index (χ2n) is 15.0. The Morgan fingerprint density at radius 2 is 0.852 bits per heavy atom. The van der Waals surface area contributed by atoms with Crippen LogP contribution in [0.15, 0.2) is 0 Å². The molecule has 4 heterocycles. The lowest BCUT2D eigenvalue weighted by molar-refractivity contribution is -0.389. The fourth-order valence-electron chi connectivity index (χ4n) is 7.11. The first-order valence-electron chi connectivity index (χ1n) is 19.7. The zero-order chi connectivity index (χ0) is 45.3. The molecular formula is C34H63NO26. The van der Waals surface area contributed by atoms with Crippen LogP contribution in [0.5, 0.6) is 0 Å². The first-order chi connectivity index (χ1) is 29.0. The minimum Gasteiger partial charge on any atom is -0.394 e. The summed E-state index contributed by atoms with van der Waals surface area (Å²) < 4.78 is 55.2. The van der Waals surface area contributed by atoms with Crippen LogP contribution in [0.25, 0.3) is 0 Å². The molecular weight excluding hydrogens is 838 g/mol. The van der Waals surface area contributed by atoms with Gasteiger partial charge in [-0.2, -0.15) is 0 Å². The third kappa shape index (κ3) is 12.4. The fraction of sp³-hybridized carbons (Fsp3) is 1.00. The Hall–Kier alpha value is -1.08. The predicted octanol–water partition coefficient (Wildman–Crippen LogP) is -10.9. The van der Waals surface area contributed by atoms with Crippen molar-refractivity contribution in [2.45, 2.75) is 161 Å². The molecule has 0 aromatic heterocycles. The monoisotopic (exact) mass is 901 g/mol. The Morgan fingerprint density at radius 1 is 0.492 bits per heavy atom. The average molecular weight is 902 g/mol. The summed E-state index contributed by atoms with van der Waals surface area (Å²) in [6.45, 7) is -3.65. The van der Waals surface area contributed by atoms with Crippen molar-refractivity contribution in [3.63, 3.8) is 0 Å². The van der Waals surface area contributed by atoms with E-state index in [0.717, 1.165) is 0 Å². The highest BCUT2D eigenvalue weighted by molar-refractivity contribution is 4.98. The molecule has 360 valence electrons. The van der Waals surface area contributed by atoms with Crippen LogP contribution in [0, 0.1) is 0 Å². The molecule has 4 aliphatic rings. The molecule has 0 radical (unpaired) electrons. The van der Waals surface area contributed by atoms with Crippen molar-refractivity contribution in [1.29, 1.82) is 0 Å². The molecule has 61 heavy (non-hydrogen) atoms. The van der Waals surface area contributed by atoms with E-state index in [0.29, 0.717) is 6.42 Å². The Morgan fingerprint density at radius 3 is 1.21 bits per heavy atom. The Bertz CT molecular complexity index is 1240. The van der Waals surface area contributed by atoms with E-state index in [1.807, 2.05) is 0 Å². The van der Waals surface area contributed by atoms with Gasteiger partial charge in [0, 0.05) is 0 Å². The van der Waals surface area contributed by atoms with Crippen LogP contribution in [0.3, 0.4) is 0 Å². The zero-order valence-electron chi connectivity index (χ0n) is 33.0. The van der Waals surface area contributed by atoms with E-state index in [9.17, 15) is 81.7 Å². The normalized spacial score (nSPS) is 44.4. The summed E-state index contributed by atoms with van der Waals surface area (Å²) in [5.41, 5.74) is 5.44. The maximum absolute atomic E-state index is 11.1. The number of nitrogens with two attached hydrogens (primary N) is 1. The molecule has 0 amide bonds. The summed E-state index contributed by atoms with van der Waals surface area (Å²) in [5, 5.41) is 167. The fourth-order valence-corrected chi connectivity index (χ4v) is 7.11. The van der Waals surface area contributed by atoms with Crippen LogP contribution >= 0.6 is 0 Å². The van der Waals surface area contributed by atoms with Crippen LogP contribution in [-0.2, 0) is 47.4 Å². The number of hydrogen-bond donors (Lipinski definition) is 17. The molecule has 4 aliphatic heterocycles. The highest BCUT2D eigenvalue weighted by atomic mass is 16.8. The molecule has 0 aliphatic carbocycles. The number of hydrogen-bond acceptors (Lipinski definition) is 27. The molecule has 4 saturated heterocycles. The van der Waals surface area contributed by atoms with Gasteiger partial charge in [-0.15, -0.1) is 0 Å². The van der Waals surface area contributed by atoms with Gasteiger partial charge in [-0.1, -0.05) is 0 Å². The highest BCUT2D eigenvalue weighted by Gasteiger charge is 2.55. The summed E-state index contributed by atoms with van der Waals surface area (Å²) >= 11 is 0. The molecule has 27 nitrogen and oxygen atoms in total. The minimum absolute atomic E-state index is 0.0543. The van der Waals surface area contributed by atoms with E-state index in [-0.39, 0.29) is 13.2 Å². The van der Waals surface area contributed by atoms with Crippen LogP contribution in [-0.4, -0.2) is 282 Å². The smallest absolute Gasteiger partial charge is 0.187 e. The lowest BCUT2D eigenvalue weighted by Gasteiger charge is -2.49. The molecule has 24 atom stereocenters. The second-order valence-corrected chi connectivity index (χ2v) is 15.0. The number of ether oxygens (including phenoxy) is 10. The maximum atomic E-state index is 11.1. The van der Waals surface area contributed by atoms with E-state index in [1.54, 1.807) is 0 Å². The zero-order valence-corrected chi connectivity index (χ0v) is 33.0. The topological polar surface area (TPSA) is 442 Å². The molecule has 27 heteroatoms. The van der Waals surface area contributed by atoms with Gasteiger partial charge < -0.3 is 135 Å². The van der Waals surface area contributed by atoms with Gasteiger partial charge in [0.05, 0.1) is 45.7 Å². The molecule has 4 rings (SSSR count). The van der Waals surface area contributed by atoms with Gasteiger partial charge in [0.2, 0.25) is 0 Å². The van der Waals surface area contributed by atoms with Crippen molar-refractivity contribution >= 4 is 0 Å². The van der Waals surface area contributed by atoms with Crippen molar-refractivity contribution in [2.24, 2.45) is 5.73 Å².